The maximum absolute atomic E-state index is 12.6. The Morgan fingerprint density at radius 1 is 1.28 bits per heavy atom. The van der Waals surface area contributed by atoms with Crippen molar-refractivity contribution in [2.75, 3.05) is 12.4 Å². The van der Waals surface area contributed by atoms with E-state index in [9.17, 15) is 4.79 Å². The number of hydrogen-bond acceptors (Lipinski definition) is 5. The minimum Gasteiger partial charge on any atom is -0.495 e. The lowest BCUT2D eigenvalue weighted by Gasteiger charge is -2.14. The molecule has 1 amide bonds. The highest BCUT2D eigenvalue weighted by molar-refractivity contribution is 8.00. The van der Waals surface area contributed by atoms with Crippen molar-refractivity contribution < 1.29 is 9.53 Å². The van der Waals surface area contributed by atoms with Gasteiger partial charge in [-0.05, 0) is 37.1 Å². The molecule has 3 rings (SSSR count). The highest BCUT2D eigenvalue weighted by Gasteiger charge is 2.19. The molecule has 3 aromatic rings. The quantitative estimate of drug-likeness (QED) is 0.514. The van der Waals surface area contributed by atoms with Crippen LogP contribution >= 0.6 is 23.4 Å². The van der Waals surface area contributed by atoms with Gasteiger partial charge in [-0.2, -0.15) is 0 Å². The molecular formula is C21H21ClN4O2S. The van der Waals surface area contributed by atoms with Crippen molar-refractivity contribution in [2.24, 2.45) is 0 Å². The fourth-order valence-electron chi connectivity index (χ4n) is 2.50. The fraction of sp³-hybridized carbons (Fsp3) is 0.190. The zero-order valence-electron chi connectivity index (χ0n) is 16.3. The van der Waals surface area contributed by atoms with Crippen LogP contribution in [0, 0.1) is 6.92 Å². The number of nitrogens with zero attached hydrogens (tertiary/aromatic N) is 2. The lowest BCUT2D eigenvalue weighted by atomic mass is 10.2. The Morgan fingerprint density at radius 2 is 2.03 bits per heavy atom. The molecule has 1 atom stereocenters. The van der Waals surface area contributed by atoms with Gasteiger partial charge in [-0.25, -0.2) is 4.98 Å². The van der Waals surface area contributed by atoms with E-state index in [1.807, 2.05) is 49.4 Å². The molecule has 0 aliphatic rings. The first-order valence-corrected chi connectivity index (χ1v) is 10.2. The molecule has 6 nitrogen and oxygen atoms in total. The third kappa shape index (κ3) is 5.62. The van der Waals surface area contributed by atoms with Gasteiger partial charge in [0.2, 0.25) is 11.1 Å². The third-order valence-corrected chi connectivity index (χ3v) is 5.47. The van der Waals surface area contributed by atoms with Gasteiger partial charge in [0, 0.05) is 11.1 Å². The number of carbonyl (C=O) groups excluding carboxylic acids is 1. The van der Waals surface area contributed by atoms with E-state index < -0.39 is 5.25 Å². The van der Waals surface area contributed by atoms with Gasteiger partial charge < -0.3 is 10.1 Å². The average molecular weight is 429 g/mol. The second-order valence-corrected chi connectivity index (χ2v) is 8.01. The molecular weight excluding hydrogens is 408 g/mol. The van der Waals surface area contributed by atoms with Crippen molar-refractivity contribution in [2.45, 2.75) is 24.3 Å². The molecule has 1 unspecified atom stereocenters. The first-order valence-electron chi connectivity index (χ1n) is 8.93. The van der Waals surface area contributed by atoms with Crippen LogP contribution in [0.4, 0.5) is 5.69 Å². The van der Waals surface area contributed by atoms with E-state index in [0.717, 1.165) is 11.1 Å². The number of thioether (sulfide) groups is 1. The predicted octanol–water partition coefficient (Wildman–Crippen LogP) is 5.06. The largest absolute Gasteiger partial charge is 0.495 e. The maximum Gasteiger partial charge on any atom is 0.237 e. The number of aromatic amines is 1. The van der Waals surface area contributed by atoms with Gasteiger partial charge >= 0.3 is 0 Å². The Hall–Kier alpha value is -2.77. The molecule has 0 aliphatic carbocycles. The zero-order valence-corrected chi connectivity index (χ0v) is 17.8. The van der Waals surface area contributed by atoms with Gasteiger partial charge in [0.25, 0.3) is 0 Å². The van der Waals surface area contributed by atoms with Gasteiger partial charge in [0.1, 0.15) is 11.6 Å². The number of amides is 1. The predicted molar refractivity (Wildman–Crippen MR) is 118 cm³/mol. The highest BCUT2D eigenvalue weighted by atomic mass is 35.5. The van der Waals surface area contributed by atoms with E-state index in [1.54, 1.807) is 19.1 Å². The summed E-state index contributed by atoms with van der Waals surface area (Å²) in [4.78, 5) is 17.0. The maximum atomic E-state index is 12.6. The number of nitrogens with one attached hydrogen (secondary N) is 2. The summed E-state index contributed by atoms with van der Waals surface area (Å²) in [6, 6.07) is 13.4. The number of carbonyl (C=O) groups is 1. The average Bonchev–Trinajstić information content (AvgIpc) is 3.17. The van der Waals surface area contributed by atoms with Crippen LogP contribution in [0.2, 0.25) is 5.02 Å². The lowest BCUT2D eigenvalue weighted by Crippen LogP contribution is -2.23. The highest BCUT2D eigenvalue weighted by Crippen LogP contribution is 2.31. The smallest absolute Gasteiger partial charge is 0.237 e. The molecule has 1 heterocycles. The molecule has 0 bridgehead atoms. The molecule has 1 aromatic heterocycles. The number of anilines is 1. The molecule has 2 aromatic carbocycles. The van der Waals surface area contributed by atoms with Crippen molar-refractivity contribution >= 4 is 47.1 Å². The number of hydrogen-bond donors (Lipinski definition) is 2. The Balaban J connectivity index is 1.63. The van der Waals surface area contributed by atoms with E-state index in [4.69, 9.17) is 16.3 Å². The van der Waals surface area contributed by atoms with Crippen LogP contribution in [-0.4, -0.2) is 33.4 Å². The summed E-state index contributed by atoms with van der Waals surface area (Å²) >= 11 is 7.38. The van der Waals surface area contributed by atoms with Gasteiger partial charge in [0.15, 0.2) is 0 Å². The minimum absolute atomic E-state index is 0.179. The SMILES string of the molecule is COc1cc(Cl)c(C)cc1NC(=O)C(C)Sc1n[nH]c(/C=C/c2ccccc2)n1. The summed E-state index contributed by atoms with van der Waals surface area (Å²) in [7, 11) is 1.53. The summed E-state index contributed by atoms with van der Waals surface area (Å²) in [6.45, 7) is 3.67. The number of halogens is 1. The summed E-state index contributed by atoms with van der Waals surface area (Å²) < 4.78 is 5.30. The Morgan fingerprint density at radius 3 is 2.76 bits per heavy atom. The molecule has 0 aliphatic heterocycles. The van der Waals surface area contributed by atoms with E-state index in [-0.39, 0.29) is 5.91 Å². The first kappa shape index (κ1) is 21.0. The Bertz CT molecular complexity index is 1020. The van der Waals surface area contributed by atoms with Crippen LogP contribution in [0.5, 0.6) is 5.75 Å². The fourth-order valence-corrected chi connectivity index (χ4v) is 3.39. The second kappa shape index (κ2) is 9.62. The topological polar surface area (TPSA) is 79.9 Å². The normalized spacial score (nSPS) is 12.1. The van der Waals surface area contributed by atoms with Crippen LogP contribution in [-0.2, 0) is 4.79 Å². The second-order valence-electron chi connectivity index (χ2n) is 6.30. The zero-order chi connectivity index (χ0) is 20.8. The molecule has 0 fully saturated rings. The van der Waals surface area contributed by atoms with Gasteiger partial charge in [-0.15, -0.1) is 5.10 Å². The third-order valence-electron chi connectivity index (χ3n) is 4.11. The van der Waals surface area contributed by atoms with Crippen molar-refractivity contribution in [3.63, 3.8) is 0 Å². The number of H-pyrrole nitrogens is 1. The van der Waals surface area contributed by atoms with Crippen molar-refractivity contribution in [1.29, 1.82) is 0 Å². The lowest BCUT2D eigenvalue weighted by molar-refractivity contribution is -0.115. The molecule has 8 heteroatoms. The summed E-state index contributed by atoms with van der Waals surface area (Å²) in [6.07, 6.45) is 3.79. The van der Waals surface area contributed by atoms with E-state index >= 15 is 0 Å². The van der Waals surface area contributed by atoms with Crippen molar-refractivity contribution in [3.05, 3.63) is 64.4 Å². The van der Waals surface area contributed by atoms with Gasteiger partial charge in [0.05, 0.1) is 18.0 Å². The van der Waals surface area contributed by atoms with Crippen LogP contribution < -0.4 is 10.1 Å². The van der Waals surface area contributed by atoms with Crippen molar-refractivity contribution in [1.82, 2.24) is 15.2 Å². The van der Waals surface area contributed by atoms with Crippen LogP contribution in [0.1, 0.15) is 23.9 Å². The van der Waals surface area contributed by atoms with Crippen LogP contribution in [0.25, 0.3) is 12.2 Å². The molecule has 0 spiro atoms. The Kier molecular flexibility index (Phi) is 6.95. The van der Waals surface area contributed by atoms with E-state index in [1.165, 1.54) is 18.9 Å². The summed E-state index contributed by atoms with van der Waals surface area (Å²) in [5.41, 5.74) is 2.50. The molecule has 0 saturated carbocycles. The monoisotopic (exact) mass is 428 g/mol. The standard InChI is InChI=1S/C21H21ClN4O2S/c1-13-11-17(18(28-3)12-16(13)22)23-20(27)14(2)29-21-24-19(25-26-21)10-9-15-7-5-4-6-8-15/h4-12,14H,1-3H3,(H,23,27)(H,24,25,26)/b10-9+. The molecule has 0 radical (unpaired) electrons. The molecule has 29 heavy (non-hydrogen) atoms. The van der Waals surface area contributed by atoms with Crippen LogP contribution in [0.15, 0.2) is 47.6 Å². The van der Waals surface area contributed by atoms with Crippen molar-refractivity contribution in [3.8, 4) is 5.75 Å². The number of benzene rings is 2. The Labute approximate surface area is 178 Å². The van der Waals surface area contributed by atoms with Gasteiger partial charge in [-0.3, -0.25) is 9.89 Å². The number of aryl methyl sites for hydroxylation is 1. The number of rotatable bonds is 7. The first-order chi connectivity index (χ1) is 14.0. The van der Waals surface area contributed by atoms with Crippen LogP contribution in [0.3, 0.4) is 0 Å². The number of ether oxygens (including phenoxy) is 1. The molecule has 150 valence electrons. The molecule has 0 saturated heterocycles. The van der Waals surface area contributed by atoms with E-state index in [2.05, 4.69) is 20.5 Å². The number of methoxy groups -OCH3 is 1. The molecule has 2 N–H and O–H groups in total. The minimum atomic E-state index is -0.405. The van der Waals surface area contributed by atoms with E-state index in [0.29, 0.717) is 27.4 Å². The summed E-state index contributed by atoms with van der Waals surface area (Å²) in [5.74, 6) is 0.956. The number of aromatic nitrogens is 3. The van der Waals surface area contributed by atoms with Gasteiger partial charge in [-0.1, -0.05) is 59.8 Å². The summed E-state index contributed by atoms with van der Waals surface area (Å²) in [5, 5.41) is 10.6.